The van der Waals surface area contributed by atoms with Gasteiger partial charge in [0, 0.05) is 0 Å². The molecule has 1 N–H and O–H groups in total. The van der Waals surface area contributed by atoms with Gasteiger partial charge in [-0.15, -0.1) is 0 Å². The molecule has 1 aromatic carbocycles. The fraction of sp³-hybridized carbons (Fsp3) is 0.588. The summed E-state index contributed by atoms with van der Waals surface area (Å²) in [7, 11) is 0. The van der Waals surface area contributed by atoms with Gasteiger partial charge in [-0.1, -0.05) is 47.6 Å². The summed E-state index contributed by atoms with van der Waals surface area (Å²) in [5, 5.41) is 0. The molecule has 0 aliphatic rings. The lowest BCUT2D eigenvalue weighted by Gasteiger charge is -2.22. The van der Waals surface area contributed by atoms with Gasteiger partial charge in [-0.3, -0.25) is 0 Å². The first kappa shape index (κ1) is 14.1. The second-order valence-corrected chi connectivity index (χ2v) is 7.74. The van der Waals surface area contributed by atoms with Crippen molar-refractivity contribution in [3.05, 3.63) is 29.6 Å². The molecule has 2 nitrogen and oxygen atoms in total. The number of rotatable bonds is 2. The average molecular weight is 258 g/mol. The van der Waals surface area contributed by atoms with E-state index in [4.69, 9.17) is 0 Å². The van der Waals surface area contributed by atoms with Crippen molar-refractivity contribution in [2.45, 2.75) is 59.8 Å². The standard InChI is InChI=1S/C17H26N2/c1-16(2,3)8-7-12-9-13(17(4,5)6)10-14-15(12)19-11-18-14/h9-11H,7-8H2,1-6H3,(H,18,19). The van der Waals surface area contributed by atoms with Crippen LogP contribution in [0.1, 0.15) is 59.1 Å². The zero-order chi connectivity index (χ0) is 14.3. The van der Waals surface area contributed by atoms with E-state index in [1.54, 1.807) is 6.33 Å². The van der Waals surface area contributed by atoms with Crippen molar-refractivity contribution in [2.24, 2.45) is 5.41 Å². The first-order valence-electron chi connectivity index (χ1n) is 7.13. The number of hydrogen-bond acceptors (Lipinski definition) is 1. The van der Waals surface area contributed by atoms with Crippen LogP contribution >= 0.6 is 0 Å². The van der Waals surface area contributed by atoms with Gasteiger partial charge in [-0.25, -0.2) is 4.98 Å². The highest BCUT2D eigenvalue weighted by atomic mass is 14.9. The molecule has 0 atom stereocenters. The van der Waals surface area contributed by atoms with Crippen LogP contribution in [-0.2, 0) is 11.8 Å². The molecule has 1 aromatic heterocycles. The number of H-pyrrole nitrogens is 1. The number of aromatic nitrogens is 2. The van der Waals surface area contributed by atoms with Crippen LogP contribution in [0.15, 0.2) is 18.5 Å². The van der Waals surface area contributed by atoms with Crippen LogP contribution in [0.25, 0.3) is 11.0 Å². The van der Waals surface area contributed by atoms with Gasteiger partial charge in [0.25, 0.3) is 0 Å². The summed E-state index contributed by atoms with van der Waals surface area (Å²) in [4.78, 5) is 7.75. The quantitative estimate of drug-likeness (QED) is 0.820. The van der Waals surface area contributed by atoms with Gasteiger partial charge in [0.15, 0.2) is 0 Å². The van der Waals surface area contributed by atoms with Crippen LogP contribution in [-0.4, -0.2) is 9.97 Å². The van der Waals surface area contributed by atoms with Crippen molar-refractivity contribution in [2.75, 3.05) is 0 Å². The number of nitrogens with zero attached hydrogens (tertiary/aromatic N) is 1. The van der Waals surface area contributed by atoms with Crippen molar-refractivity contribution in [1.82, 2.24) is 9.97 Å². The van der Waals surface area contributed by atoms with E-state index in [2.05, 4.69) is 63.6 Å². The summed E-state index contributed by atoms with van der Waals surface area (Å²) < 4.78 is 0. The Hall–Kier alpha value is -1.31. The number of aryl methyl sites for hydroxylation is 1. The lowest BCUT2D eigenvalue weighted by molar-refractivity contribution is 0.378. The molecule has 0 bridgehead atoms. The Kier molecular flexibility index (Phi) is 3.46. The third kappa shape index (κ3) is 3.37. The molecule has 0 saturated carbocycles. The van der Waals surface area contributed by atoms with E-state index >= 15 is 0 Å². The van der Waals surface area contributed by atoms with Crippen LogP contribution in [0, 0.1) is 5.41 Å². The summed E-state index contributed by atoms with van der Waals surface area (Å²) in [6.07, 6.45) is 4.08. The molecule has 0 saturated heterocycles. The van der Waals surface area contributed by atoms with Crippen molar-refractivity contribution in [1.29, 1.82) is 0 Å². The second kappa shape index (κ2) is 4.66. The Morgan fingerprint density at radius 1 is 1.05 bits per heavy atom. The number of imidazole rings is 1. The fourth-order valence-corrected chi connectivity index (χ4v) is 2.26. The Bertz CT molecular complexity index is 565. The molecule has 0 aliphatic carbocycles. The van der Waals surface area contributed by atoms with Crippen LogP contribution in [0.3, 0.4) is 0 Å². The molecule has 0 fully saturated rings. The number of hydrogen-bond donors (Lipinski definition) is 1. The van der Waals surface area contributed by atoms with Gasteiger partial charge in [0.05, 0.1) is 17.4 Å². The van der Waals surface area contributed by atoms with Gasteiger partial charge in [0.2, 0.25) is 0 Å². The monoisotopic (exact) mass is 258 g/mol. The van der Waals surface area contributed by atoms with Gasteiger partial charge in [0.1, 0.15) is 0 Å². The lowest BCUT2D eigenvalue weighted by Crippen LogP contribution is -2.12. The minimum absolute atomic E-state index is 0.176. The predicted octanol–water partition coefficient (Wildman–Crippen LogP) is 4.84. The van der Waals surface area contributed by atoms with E-state index in [0.29, 0.717) is 5.41 Å². The third-order valence-electron chi connectivity index (χ3n) is 3.61. The molecular formula is C17H26N2. The van der Waals surface area contributed by atoms with E-state index < -0.39 is 0 Å². The van der Waals surface area contributed by atoms with Gasteiger partial charge in [-0.05, 0) is 40.9 Å². The topological polar surface area (TPSA) is 28.7 Å². The number of fused-ring (bicyclic) bond motifs is 1. The largest absolute Gasteiger partial charge is 0.345 e. The normalized spacial score (nSPS) is 13.2. The van der Waals surface area contributed by atoms with Gasteiger partial charge in [-0.2, -0.15) is 0 Å². The van der Waals surface area contributed by atoms with Crippen LogP contribution in [0.5, 0.6) is 0 Å². The third-order valence-corrected chi connectivity index (χ3v) is 3.61. The summed E-state index contributed by atoms with van der Waals surface area (Å²) >= 11 is 0. The molecule has 0 unspecified atom stereocenters. The smallest absolute Gasteiger partial charge is 0.0931 e. The summed E-state index contributed by atoms with van der Waals surface area (Å²) in [5.41, 5.74) is 5.59. The minimum Gasteiger partial charge on any atom is -0.345 e. The Morgan fingerprint density at radius 2 is 1.74 bits per heavy atom. The van der Waals surface area contributed by atoms with Crippen LogP contribution in [0.2, 0.25) is 0 Å². The molecule has 104 valence electrons. The zero-order valence-corrected chi connectivity index (χ0v) is 13.1. The highest BCUT2D eigenvalue weighted by molar-refractivity contribution is 5.79. The highest BCUT2D eigenvalue weighted by Gasteiger charge is 2.18. The fourth-order valence-electron chi connectivity index (χ4n) is 2.26. The van der Waals surface area contributed by atoms with Crippen molar-refractivity contribution in [3.63, 3.8) is 0 Å². The maximum atomic E-state index is 4.49. The van der Waals surface area contributed by atoms with Crippen molar-refractivity contribution in [3.8, 4) is 0 Å². The highest BCUT2D eigenvalue weighted by Crippen LogP contribution is 2.30. The van der Waals surface area contributed by atoms with E-state index in [9.17, 15) is 0 Å². The molecule has 2 heteroatoms. The zero-order valence-electron chi connectivity index (χ0n) is 13.1. The van der Waals surface area contributed by atoms with Crippen molar-refractivity contribution >= 4 is 11.0 Å². The van der Waals surface area contributed by atoms with Gasteiger partial charge >= 0.3 is 0 Å². The van der Waals surface area contributed by atoms with E-state index in [0.717, 1.165) is 17.5 Å². The Labute approximate surface area is 116 Å². The van der Waals surface area contributed by atoms with Crippen molar-refractivity contribution < 1.29 is 0 Å². The van der Waals surface area contributed by atoms with Crippen LogP contribution < -0.4 is 0 Å². The average Bonchev–Trinajstić information content (AvgIpc) is 2.71. The number of benzene rings is 1. The first-order chi connectivity index (χ1) is 8.67. The number of nitrogens with one attached hydrogen (secondary N) is 1. The Balaban J connectivity index is 2.43. The molecule has 0 aliphatic heterocycles. The van der Waals surface area contributed by atoms with E-state index in [1.807, 2.05) is 0 Å². The molecule has 2 rings (SSSR count). The predicted molar refractivity (Wildman–Crippen MR) is 82.6 cm³/mol. The summed E-state index contributed by atoms with van der Waals surface area (Å²) in [6.45, 7) is 13.7. The molecule has 0 radical (unpaired) electrons. The molecular weight excluding hydrogens is 232 g/mol. The Morgan fingerprint density at radius 3 is 2.32 bits per heavy atom. The molecule has 0 spiro atoms. The first-order valence-corrected chi connectivity index (χ1v) is 7.13. The summed E-state index contributed by atoms with van der Waals surface area (Å²) in [6, 6.07) is 4.58. The number of aromatic amines is 1. The minimum atomic E-state index is 0.176. The molecule has 2 aromatic rings. The molecule has 1 heterocycles. The molecule has 19 heavy (non-hydrogen) atoms. The van der Waals surface area contributed by atoms with E-state index in [1.165, 1.54) is 17.5 Å². The second-order valence-electron chi connectivity index (χ2n) is 7.74. The maximum absolute atomic E-state index is 4.49. The lowest BCUT2D eigenvalue weighted by atomic mass is 9.83. The SMILES string of the molecule is CC(C)(C)CCc1cc(C(C)(C)C)cc2[nH]cnc12. The maximum Gasteiger partial charge on any atom is 0.0931 e. The van der Waals surface area contributed by atoms with Gasteiger partial charge < -0.3 is 4.98 Å². The van der Waals surface area contributed by atoms with E-state index in [-0.39, 0.29) is 5.41 Å². The summed E-state index contributed by atoms with van der Waals surface area (Å²) in [5.74, 6) is 0. The molecule has 0 amide bonds. The van der Waals surface area contributed by atoms with Crippen LogP contribution in [0.4, 0.5) is 0 Å².